The van der Waals surface area contributed by atoms with Gasteiger partial charge in [0.2, 0.25) is 10.0 Å². The molecule has 0 fully saturated rings. The fourth-order valence-electron chi connectivity index (χ4n) is 3.63. The maximum absolute atomic E-state index is 13.8. The highest BCUT2D eigenvalue weighted by Crippen LogP contribution is 2.29. The van der Waals surface area contributed by atoms with Crippen molar-refractivity contribution in [3.8, 4) is 5.75 Å². The van der Waals surface area contributed by atoms with E-state index in [4.69, 9.17) is 4.74 Å². The van der Waals surface area contributed by atoms with Gasteiger partial charge in [0.25, 0.3) is 0 Å². The first-order valence-electron chi connectivity index (χ1n) is 10.1. The molecule has 1 unspecified atom stereocenters. The Labute approximate surface area is 190 Å². The van der Waals surface area contributed by atoms with Crippen LogP contribution in [0.3, 0.4) is 0 Å². The van der Waals surface area contributed by atoms with Crippen molar-refractivity contribution in [3.05, 3.63) is 90.0 Å². The molecule has 0 amide bonds. The first-order chi connectivity index (χ1) is 15.1. The second-order valence-corrected chi connectivity index (χ2v) is 11.5. The van der Waals surface area contributed by atoms with Crippen LogP contribution in [0.15, 0.2) is 88.7 Å². The maximum atomic E-state index is 13.8. The van der Waals surface area contributed by atoms with Crippen molar-refractivity contribution in [2.24, 2.45) is 0 Å². The number of sulfonamides is 1. The molecule has 0 N–H and O–H groups in total. The highest BCUT2D eigenvalue weighted by Gasteiger charge is 2.33. The van der Waals surface area contributed by atoms with Crippen LogP contribution < -0.4 is 4.74 Å². The van der Waals surface area contributed by atoms with Gasteiger partial charge in [-0.25, -0.2) is 16.8 Å². The molecule has 0 aliphatic rings. The largest absolute Gasteiger partial charge is 0.496 e. The van der Waals surface area contributed by atoms with Crippen molar-refractivity contribution in [1.29, 1.82) is 0 Å². The fraction of sp³-hybridized carbons (Fsp3) is 0.250. The maximum Gasteiger partial charge on any atom is 0.244 e. The molecule has 6 nitrogen and oxygen atoms in total. The lowest BCUT2D eigenvalue weighted by molar-refractivity contribution is 0.323. The number of para-hydroxylation sites is 1. The minimum absolute atomic E-state index is 0.109. The van der Waals surface area contributed by atoms with E-state index < -0.39 is 25.9 Å². The zero-order valence-electron chi connectivity index (χ0n) is 18.3. The Morgan fingerprint density at radius 3 is 2.00 bits per heavy atom. The van der Waals surface area contributed by atoms with Gasteiger partial charge >= 0.3 is 0 Å². The van der Waals surface area contributed by atoms with Gasteiger partial charge in [0.1, 0.15) is 10.6 Å². The van der Waals surface area contributed by atoms with Crippen LogP contribution in [0.1, 0.15) is 18.1 Å². The Hall–Kier alpha value is -2.68. The number of benzene rings is 3. The van der Waals surface area contributed by atoms with Gasteiger partial charge in [-0.3, -0.25) is 0 Å². The second-order valence-electron chi connectivity index (χ2n) is 7.62. The van der Waals surface area contributed by atoms with Crippen LogP contribution >= 0.6 is 0 Å². The molecule has 170 valence electrons. The zero-order chi connectivity index (χ0) is 23.4. The third kappa shape index (κ3) is 5.38. The first-order valence-corrected chi connectivity index (χ1v) is 13.4. The van der Waals surface area contributed by atoms with E-state index in [0.29, 0.717) is 12.2 Å². The molecule has 0 radical (unpaired) electrons. The molecule has 0 bridgehead atoms. The molecule has 1 atom stereocenters. The molecule has 3 aromatic rings. The van der Waals surface area contributed by atoms with E-state index in [2.05, 4.69) is 0 Å². The van der Waals surface area contributed by atoms with Gasteiger partial charge in [-0.2, -0.15) is 4.31 Å². The molecule has 3 aromatic carbocycles. The van der Waals surface area contributed by atoms with Gasteiger partial charge in [0.05, 0.1) is 12.0 Å². The Balaban J connectivity index is 2.09. The smallest absolute Gasteiger partial charge is 0.244 e. The van der Waals surface area contributed by atoms with Crippen LogP contribution in [0.4, 0.5) is 0 Å². The minimum Gasteiger partial charge on any atom is -0.496 e. The molecule has 8 heteroatoms. The summed E-state index contributed by atoms with van der Waals surface area (Å²) in [4.78, 5) is -0.423. The zero-order valence-corrected chi connectivity index (χ0v) is 19.9. The summed E-state index contributed by atoms with van der Waals surface area (Å²) in [7, 11) is -6.31. The molecule has 0 aromatic heterocycles. The number of nitrogens with zero attached hydrogens (tertiary/aromatic N) is 1. The number of rotatable bonds is 9. The summed E-state index contributed by atoms with van der Waals surface area (Å²) in [5.41, 5.74) is 1.67. The molecular weight excluding hydrogens is 446 g/mol. The van der Waals surface area contributed by atoms with Gasteiger partial charge in [0.15, 0.2) is 9.84 Å². The van der Waals surface area contributed by atoms with E-state index in [1.807, 2.05) is 61.5 Å². The predicted molar refractivity (Wildman–Crippen MR) is 125 cm³/mol. The number of hydrogen-bond donors (Lipinski definition) is 0. The quantitative estimate of drug-likeness (QED) is 0.471. The molecule has 32 heavy (non-hydrogen) atoms. The summed E-state index contributed by atoms with van der Waals surface area (Å²) in [6, 6.07) is 22.0. The van der Waals surface area contributed by atoms with Crippen LogP contribution in [0.5, 0.6) is 5.75 Å². The molecule has 0 aliphatic heterocycles. The Bertz CT molecular complexity index is 1270. The molecule has 0 heterocycles. The third-order valence-electron chi connectivity index (χ3n) is 5.22. The van der Waals surface area contributed by atoms with Crippen LogP contribution in [-0.2, 0) is 32.8 Å². The normalized spacial score (nSPS) is 13.1. The highest BCUT2D eigenvalue weighted by atomic mass is 32.2. The van der Waals surface area contributed by atoms with Crippen LogP contribution in [0.2, 0.25) is 0 Å². The molecule has 0 spiro atoms. The van der Waals surface area contributed by atoms with Crippen molar-refractivity contribution in [2.75, 3.05) is 13.4 Å². The second kappa shape index (κ2) is 9.85. The Morgan fingerprint density at radius 2 is 1.38 bits per heavy atom. The Kier molecular flexibility index (Phi) is 7.38. The lowest BCUT2D eigenvalue weighted by Gasteiger charge is -2.29. The van der Waals surface area contributed by atoms with E-state index in [9.17, 15) is 16.8 Å². The molecule has 0 saturated carbocycles. The fourth-order valence-corrected chi connectivity index (χ4v) is 6.85. The number of methoxy groups -OCH3 is 1. The van der Waals surface area contributed by atoms with Gasteiger partial charge in [-0.1, -0.05) is 60.7 Å². The number of ether oxygens (including phenoxy) is 1. The van der Waals surface area contributed by atoms with E-state index in [1.54, 1.807) is 7.11 Å². The monoisotopic (exact) mass is 473 g/mol. The summed E-state index contributed by atoms with van der Waals surface area (Å²) in [6.07, 6.45) is 1.41. The topological polar surface area (TPSA) is 80.8 Å². The van der Waals surface area contributed by atoms with Crippen molar-refractivity contribution >= 4 is 19.9 Å². The van der Waals surface area contributed by atoms with Gasteiger partial charge in [-0.05, 0) is 42.7 Å². The lowest BCUT2D eigenvalue weighted by atomic mass is 10.1. The summed E-state index contributed by atoms with van der Waals surface area (Å²) in [6.45, 7) is 1.92. The van der Waals surface area contributed by atoms with E-state index in [0.717, 1.165) is 17.4 Å². The van der Waals surface area contributed by atoms with Crippen molar-refractivity contribution in [1.82, 2.24) is 4.31 Å². The van der Waals surface area contributed by atoms with E-state index >= 15 is 0 Å². The van der Waals surface area contributed by atoms with Gasteiger partial charge < -0.3 is 4.74 Å². The van der Waals surface area contributed by atoms with E-state index in [1.165, 1.54) is 28.6 Å². The van der Waals surface area contributed by atoms with Gasteiger partial charge in [0, 0.05) is 18.8 Å². The van der Waals surface area contributed by atoms with Crippen molar-refractivity contribution < 1.29 is 21.6 Å². The highest BCUT2D eigenvalue weighted by molar-refractivity contribution is 7.93. The number of hydrogen-bond acceptors (Lipinski definition) is 5. The average Bonchev–Trinajstić information content (AvgIpc) is 2.77. The minimum atomic E-state index is -4.14. The molecular formula is C24H27NO5S2. The molecule has 3 rings (SSSR count). The third-order valence-corrected chi connectivity index (χ3v) is 8.52. The number of sulfone groups is 1. The SMILES string of the molecule is COc1ccccc1CC(C)N(Cc1ccccc1)S(=O)(=O)c1ccccc1S(C)(=O)=O. The van der Waals surface area contributed by atoms with Gasteiger partial charge in [-0.15, -0.1) is 0 Å². The van der Waals surface area contributed by atoms with Crippen LogP contribution in [0, 0.1) is 0 Å². The van der Waals surface area contributed by atoms with Crippen molar-refractivity contribution in [3.63, 3.8) is 0 Å². The van der Waals surface area contributed by atoms with Crippen LogP contribution in [0.25, 0.3) is 0 Å². The summed E-state index contributed by atoms with van der Waals surface area (Å²) >= 11 is 0. The summed E-state index contributed by atoms with van der Waals surface area (Å²) in [5, 5.41) is 0. The molecule has 0 aliphatic carbocycles. The predicted octanol–water partition coefficient (Wildman–Crippen LogP) is 3.92. The average molecular weight is 474 g/mol. The summed E-state index contributed by atoms with van der Waals surface area (Å²) in [5.74, 6) is 0.674. The standard InChI is InChI=1S/C24H27NO5S2/c1-19(17-21-13-7-8-14-22(21)30-2)25(18-20-11-5-4-6-12-20)32(28,29)24-16-10-9-15-23(24)31(3,26)27/h4-16,19H,17-18H2,1-3H3. The Morgan fingerprint density at radius 1 is 0.812 bits per heavy atom. The van der Waals surface area contributed by atoms with Crippen LogP contribution in [-0.4, -0.2) is 40.5 Å². The molecule has 0 saturated heterocycles. The lowest BCUT2D eigenvalue weighted by Crippen LogP contribution is -2.40. The first kappa shape index (κ1) is 24.0. The van der Waals surface area contributed by atoms with E-state index in [-0.39, 0.29) is 16.3 Å². The summed E-state index contributed by atoms with van der Waals surface area (Å²) < 4.78 is 59.1. The van der Waals surface area contributed by atoms with Crippen molar-refractivity contribution in [2.45, 2.75) is 35.7 Å².